The standard InChI is InChI=1S/C13H15ClN2O/c14-11-2-1-9(6-12(11)15)13(17)16-4-3-8-5-10(8)7-16/h1-2,6,8,10H,3-5,7,15H2. The van der Waals surface area contributed by atoms with Gasteiger partial charge in [-0.3, -0.25) is 4.79 Å². The number of halogens is 1. The molecule has 1 amide bonds. The van der Waals surface area contributed by atoms with Crippen molar-refractivity contribution in [3.05, 3.63) is 28.8 Å². The van der Waals surface area contributed by atoms with Crippen molar-refractivity contribution in [3.63, 3.8) is 0 Å². The summed E-state index contributed by atoms with van der Waals surface area (Å²) < 4.78 is 0. The van der Waals surface area contributed by atoms with Crippen LogP contribution in [0.1, 0.15) is 23.2 Å². The van der Waals surface area contributed by atoms with E-state index in [1.165, 1.54) is 6.42 Å². The molecule has 1 aromatic rings. The maximum atomic E-state index is 12.3. The molecule has 2 N–H and O–H groups in total. The van der Waals surface area contributed by atoms with Crippen molar-refractivity contribution in [3.8, 4) is 0 Å². The SMILES string of the molecule is Nc1cc(C(=O)N2CCC3CC3C2)ccc1Cl. The molecule has 0 spiro atoms. The Hall–Kier alpha value is -1.22. The van der Waals surface area contributed by atoms with Crippen LogP contribution in [-0.4, -0.2) is 23.9 Å². The highest BCUT2D eigenvalue weighted by molar-refractivity contribution is 6.33. The van der Waals surface area contributed by atoms with Crippen molar-refractivity contribution < 1.29 is 4.79 Å². The predicted molar refractivity (Wildman–Crippen MR) is 68.0 cm³/mol. The Balaban J connectivity index is 1.78. The fraction of sp³-hybridized carbons (Fsp3) is 0.462. The zero-order valence-corrected chi connectivity index (χ0v) is 10.3. The molecule has 1 saturated heterocycles. The van der Waals surface area contributed by atoms with E-state index in [1.807, 2.05) is 4.90 Å². The molecular formula is C13H15ClN2O. The van der Waals surface area contributed by atoms with Crippen molar-refractivity contribution in [2.75, 3.05) is 18.8 Å². The zero-order chi connectivity index (χ0) is 12.0. The number of fused-ring (bicyclic) bond motifs is 1. The van der Waals surface area contributed by atoms with Crippen molar-refractivity contribution in [1.29, 1.82) is 0 Å². The van der Waals surface area contributed by atoms with Crippen molar-refractivity contribution >= 4 is 23.2 Å². The van der Waals surface area contributed by atoms with E-state index in [9.17, 15) is 4.79 Å². The normalized spacial score (nSPS) is 26.5. The Morgan fingerprint density at radius 1 is 1.41 bits per heavy atom. The molecule has 3 nitrogen and oxygen atoms in total. The van der Waals surface area contributed by atoms with Crippen LogP contribution < -0.4 is 5.73 Å². The van der Waals surface area contributed by atoms with Crippen LogP contribution in [0.4, 0.5) is 5.69 Å². The number of nitrogens with zero attached hydrogens (tertiary/aromatic N) is 1. The number of nitrogen functional groups attached to an aromatic ring is 1. The third kappa shape index (κ3) is 2.00. The van der Waals surface area contributed by atoms with E-state index < -0.39 is 0 Å². The molecule has 1 aromatic carbocycles. The Bertz CT molecular complexity index is 474. The molecule has 1 saturated carbocycles. The molecule has 2 aliphatic rings. The summed E-state index contributed by atoms with van der Waals surface area (Å²) in [6.45, 7) is 1.79. The van der Waals surface area contributed by atoms with Crippen molar-refractivity contribution in [1.82, 2.24) is 4.90 Å². The zero-order valence-electron chi connectivity index (χ0n) is 9.53. The van der Waals surface area contributed by atoms with Gasteiger partial charge in [-0.25, -0.2) is 0 Å². The summed E-state index contributed by atoms with van der Waals surface area (Å²) in [6.07, 6.45) is 2.45. The summed E-state index contributed by atoms with van der Waals surface area (Å²) >= 11 is 5.85. The monoisotopic (exact) mass is 250 g/mol. The third-order valence-corrected chi connectivity index (χ3v) is 4.17. The van der Waals surface area contributed by atoms with Gasteiger partial charge in [0.15, 0.2) is 0 Å². The number of benzene rings is 1. The van der Waals surface area contributed by atoms with Crippen LogP contribution in [0.2, 0.25) is 5.02 Å². The van der Waals surface area contributed by atoms with Crippen LogP contribution in [0.5, 0.6) is 0 Å². The minimum Gasteiger partial charge on any atom is -0.398 e. The summed E-state index contributed by atoms with van der Waals surface area (Å²) in [6, 6.07) is 5.11. The van der Waals surface area contributed by atoms with E-state index >= 15 is 0 Å². The van der Waals surface area contributed by atoms with Crippen molar-refractivity contribution in [2.45, 2.75) is 12.8 Å². The number of carbonyl (C=O) groups is 1. The molecule has 90 valence electrons. The molecule has 0 bridgehead atoms. The number of rotatable bonds is 1. The lowest BCUT2D eigenvalue weighted by molar-refractivity contribution is 0.0716. The largest absolute Gasteiger partial charge is 0.398 e. The molecule has 1 aliphatic heterocycles. The summed E-state index contributed by atoms with van der Waals surface area (Å²) in [7, 11) is 0. The molecule has 2 fully saturated rings. The average Bonchev–Trinajstić information content (AvgIpc) is 3.09. The predicted octanol–water partition coefficient (Wildman–Crippen LogP) is 2.40. The maximum absolute atomic E-state index is 12.3. The highest BCUT2D eigenvalue weighted by Gasteiger charge is 2.42. The molecule has 17 heavy (non-hydrogen) atoms. The molecule has 2 unspecified atom stereocenters. The van der Waals surface area contributed by atoms with Gasteiger partial charge in [-0.05, 0) is 42.9 Å². The van der Waals surface area contributed by atoms with Crippen LogP contribution in [0.3, 0.4) is 0 Å². The first-order chi connectivity index (χ1) is 8.15. The van der Waals surface area contributed by atoms with Crippen LogP contribution in [-0.2, 0) is 0 Å². The van der Waals surface area contributed by atoms with Crippen LogP contribution in [0.25, 0.3) is 0 Å². The van der Waals surface area contributed by atoms with Crippen molar-refractivity contribution in [2.24, 2.45) is 11.8 Å². The van der Waals surface area contributed by atoms with E-state index in [-0.39, 0.29) is 5.91 Å². The lowest BCUT2D eigenvalue weighted by Crippen LogP contribution is -2.36. The molecule has 0 aromatic heterocycles. The molecule has 3 rings (SSSR count). The van der Waals surface area contributed by atoms with Gasteiger partial charge in [0.05, 0.1) is 10.7 Å². The number of carbonyl (C=O) groups excluding carboxylic acids is 1. The Labute approximate surface area is 106 Å². The number of likely N-dealkylation sites (tertiary alicyclic amines) is 1. The second kappa shape index (κ2) is 3.91. The Kier molecular flexibility index (Phi) is 2.51. The van der Waals surface area contributed by atoms with Gasteiger partial charge in [-0.15, -0.1) is 0 Å². The quantitative estimate of drug-likeness (QED) is 0.778. The van der Waals surface area contributed by atoms with E-state index in [0.717, 1.165) is 31.3 Å². The van der Waals surface area contributed by atoms with Gasteiger partial charge in [-0.1, -0.05) is 11.6 Å². The fourth-order valence-corrected chi connectivity index (χ4v) is 2.74. The summed E-state index contributed by atoms with van der Waals surface area (Å²) in [5.41, 5.74) is 6.84. The molecule has 1 aliphatic carbocycles. The van der Waals surface area contributed by atoms with E-state index in [4.69, 9.17) is 17.3 Å². The fourth-order valence-electron chi connectivity index (χ4n) is 2.63. The first-order valence-electron chi connectivity index (χ1n) is 5.99. The van der Waals surface area contributed by atoms with Crippen LogP contribution in [0, 0.1) is 11.8 Å². The number of nitrogens with two attached hydrogens (primary N) is 1. The van der Waals surface area contributed by atoms with E-state index in [0.29, 0.717) is 16.3 Å². The Morgan fingerprint density at radius 2 is 2.24 bits per heavy atom. The molecule has 2 atom stereocenters. The topological polar surface area (TPSA) is 46.3 Å². The summed E-state index contributed by atoms with van der Waals surface area (Å²) in [4.78, 5) is 14.2. The number of hydrogen-bond donors (Lipinski definition) is 1. The van der Waals surface area contributed by atoms with E-state index in [2.05, 4.69) is 0 Å². The highest BCUT2D eigenvalue weighted by atomic mass is 35.5. The highest BCUT2D eigenvalue weighted by Crippen LogP contribution is 2.45. The Morgan fingerprint density at radius 3 is 2.94 bits per heavy atom. The average molecular weight is 251 g/mol. The molecule has 1 heterocycles. The minimum absolute atomic E-state index is 0.0821. The van der Waals surface area contributed by atoms with Gasteiger partial charge in [-0.2, -0.15) is 0 Å². The summed E-state index contributed by atoms with van der Waals surface area (Å²) in [5, 5.41) is 0.502. The van der Waals surface area contributed by atoms with Gasteiger partial charge >= 0.3 is 0 Å². The molecular weight excluding hydrogens is 236 g/mol. The van der Waals surface area contributed by atoms with Crippen LogP contribution >= 0.6 is 11.6 Å². The molecule has 4 heteroatoms. The smallest absolute Gasteiger partial charge is 0.253 e. The molecule has 0 radical (unpaired) electrons. The van der Waals surface area contributed by atoms with Gasteiger partial charge in [0.25, 0.3) is 5.91 Å². The second-order valence-electron chi connectivity index (χ2n) is 5.03. The number of hydrogen-bond acceptors (Lipinski definition) is 2. The lowest BCUT2D eigenvalue weighted by atomic mass is 10.1. The minimum atomic E-state index is 0.0821. The van der Waals surface area contributed by atoms with Gasteiger partial charge < -0.3 is 10.6 Å². The summed E-state index contributed by atoms with van der Waals surface area (Å²) in [5.74, 6) is 1.71. The lowest BCUT2D eigenvalue weighted by Gasteiger charge is -2.26. The second-order valence-corrected chi connectivity index (χ2v) is 5.44. The number of amides is 1. The number of piperidine rings is 1. The van der Waals surface area contributed by atoms with Gasteiger partial charge in [0, 0.05) is 18.7 Å². The third-order valence-electron chi connectivity index (χ3n) is 3.82. The first-order valence-corrected chi connectivity index (χ1v) is 6.37. The van der Waals surface area contributed by atoms with Crippen LogP contribution in [0.15, 0.2) is 18.2 Å². The van der Waals surface area contributed by atoms with Gasteiger partial charge in [0.2, 0.25) is 0 Å². The number of anilines is 1. The van der Waals surface area contributed by atoms with E-state index in [1.54, 1.807) is 18.2 Å². The van der Waals surface area contributed by atoms with Gasteiger partial charge in [0.1, 0.15) is 0 Å². The maximum Gasteiger partial charge on any atom is 0.253 e. The first kappa shape index (κ1) is 10.9.